The highest BCUT2D eigenvalue weighted by molar-refractivity contribution is 6.13. The van der Waals surface area contributed by atoms with Crippen molar-refractivity contribution < 1.29 is 19.1 Å². The zero-order valence-corrected chi connectivity index (χ0v) is 15.5. The van der Waals surface area contributed by atoms with Gasteiger partial charge in [-0.1, -0.05) is 51.0 Å². The molecule has 0 N–H and O–H groups in total. The molecule has 26 heavy (non-hydrogen) atoms. The van der Waals surface area contributed by atoms with Crippen LogP contribution in [0, 0.1) is 0 Å². The number of amides is 2. The molecule has 0 saturated carbocycles. The number of hydrogen-bond donors (Lipinski definition) is 0. The van der Waals surface area contributed by atoms with Gasteiger partial charge in [0, 0.05) is 25.4 Å². The standard InChI is InChI=1S/C21H27NO4/c1-3-5-13-25-20-16-10-8-7-9-15(16)19(21(20)26-14-6-4-2)22-17(23)11-12-18(22)24/h7-12,19-21H,3-6,13-14H2,1-2H3/t19-,20-,21-/m0/s1. The number of unbranched alkanes of at least 4 members (excludes halogenated alkanes) is 2. The van der Waals surface area contributed by atoms with Gasteiger partial charge in [0.15, 0.2) is 0 Å². The average Bonchev–Trinajstić information content (AvgIpc) is 3.13. The van der Waals surface area contributed by atoms with Gasteiger partial charge in [0.05, 0.1) is 6.04 Å². The summed E-state index contributed by atoms with van der Waals surface area (Å²) >= 11 is 0. The van der Waals surface area contributed by atoms with Gasteiger partial charge in [0.2, 0.25) is 0 Å². The Bertz CT molecular complexity index is 666. The highest BCUT2D eigenvalue weighted by atomic mass is 16.5. The number of carbonyl (C=O) groups excluding carboxylic acids is 2. The van der Waals surface area contributed by atoms with E-state index in [1.165, 1.54) is 17.1 Å². The lowest BCUT2D eigenvalue weighted by atomic mass is 10.1. The fourth-order valence-corrected chi connectivity index (χ4v) is 3.61. The third-order valence-electron chi connectivity index (χ3n) is 4.96. The molecule has 1 aromatic carbocycles. The number of fused-ring (bicyclic) bond motifs is 1. The maximum atomic E-state index is 12.3. The van der Waals surface area contributed by atoms with Crippen LogP contribution in [0.4, 0.5) is 0 Å². The van der Waals surface area contributed by atoms with Gasteiger partial charge in [-0.05, 0) is 24.0 Å². The Hall–Kier alpha value is -1.98. The molecule has 2 amide bonds. The predicted octanol–water partition coefficient (Wildman–Crippen LogP) is 3.71. The Balaban J connectivity index is 1.93. The van der Waals surface area contributed by atoms with Gasteiger partial charge in [-0.3, -0.25) is 14.5 Å². The van der Waals surface area contributed by atoms with Crippen LogP contribution < -0.4 is 0 Å². The molecule has 0 bridgehead atoms. The summed E-state index contributed by atoms with van der Waals surface area (Å²) in [7, 11) is 0. The Morgan fingerprint density at radius 2 is 1.46 bits per heavy atom. The Morgan fingerprint density at radius 3 is 2.08 bits per heavy atom. The zero-order chi connectivity index (χ0) is 18.5. The molecule has 3 atom stereocenters. The highest BCUT2D eigenvalue weighted by Crippen LogP contribution is 2.47. The lowest BCUT2D eigenvalue weighted by molar-refractivity contribution is -0.148. The van der Waals surface area contributed by atoms with Crippen molar-refractivity contribution in [2.45, 2.75) is 57.8 Å². The van der Waals surface area contributed by atoms with Gasteiger partial charge in [-0.25, -0.2) is 0 Å². The summed E-state index contributed by atoms with van der Waals surface area (Å²) in [4.78, 5) is 26.0. The van der Waals surface area contributed by atoms with Gasteiger partial charge < -0.3 is 9.47 Å². The van der Waals surface area contributed by atoms with E-state index in [2.05, 4.69) is 13.8 Å². The fourth-order valence-electron chi connectivity index (χ4n) is 3.61. The Kier molecular flexibility index (Phi) is 6.22. The second-order valence-electron chi connectivity index (χ2n) is 6.79. The van der Waals surface area contributed by atoms with Crippen molar-refractivity contribution in [1.29, 1.82) is 0 Å². The summed E-state index contributed by atoms with van der Waals surface area (Å²) in [6.45, 7) is 5.45. The normalized spacial score (nSPS) is 24.5. The van der Waals surface area contributed by atoms with Crippen LogP contribution in [0.2, 0.25) is 0 Å². The second kappa shape index (κ2) is 8.60. The van der Waals surface area contributed by atoms with Crippen LogP contribution in [-0.4, -0.2) is 36.0 Å². The molecule has 0 saturated heterocycles. The van der Waals surface area contributed by atoms with E-state index < -0.39 is 6.04 Å². The average molecular weight is 357 g/mol. The van der Waals surface area contributed by atoms with E-state index in [-0.39, 0.29) is 24.0 Å². The first kappa shape index (κ1) is 18.8. The first-order valence-corrected chi connectivity index (χ1v) is 9.56. The van der Waals surface area contributed by atoms with E-state index in [1.807, 2.05) is 24.3 Å². The molecule has 1 aromatic rings. The molecule has 0 fully saturated rings. The molecule has 0 spiro atoms. The summed E-state index contributed by atoms with van der Waals surface area (Å²) in [6, 6.07) is 7.44. The monoisotopic (exact) mass is 357 g/mol. The highest BCUT2D eigenvalue weighted by Gasteiger charge is 2.48. The minimum atomic E-state index is -0.440. The van der Waals surface area contributed by atoms with Crippen LogP contribution in [0.1, 0.15) is 62.8 Å². The maximum absolute atomic E-state index is 12.3. The van der Waals surface area contributed by atoms with Crippen molar-refractivity contribution in [3.05, 3.63) is 47.5 Å². The number of nitrogens with zero attached hydrogens (tertiary/aromatic N) is 1. The molecular weight excluding hydrogens is 330 g/mol. The number of benzene rings is 1. The molecule has 0 unspecified atom stereocenters. The van der Waals surface area contributed by atoms with Crippen molar-refractivity contribution in [2.75, 3.05) is 13.2 Å². The van der Waals surface area contributed by atoms with Gasteiger partial charge in [0.25, 0.3) is 11.8 Å². The van der Waals surface area contributed by atoms with E-state index >= 15 is 0 Å². The van der Waals surface area contributed by atoms with E-state index in [4.69, 9.17) is 9.47 Å². The number of imide groups is 1. The third-order valence-corrected chi connectivity index (χ3v) is 4.96. The minimum absolute atomic E-state index is 0.263. The quantitative estimate of drug-likeness (QED) is 0.499. The molecule has 2 aliphatic rings. The maximum Gasteiger partial charge on any atom is 0.254 e. The molecule has 1 aliphatic heterocycles. The van der Waals surface area contributed by atoms with Crippen molar-refractivity contribution in [1.82, 2.24) is 4.90 Å². The van der Waals surface area contributed by atoms with E-state index in [0.29, 0.717) is 13.2 Å². The van der Waals surface area contributed by atoms with Gasteiger partial charge in [0.1, 0.15) is 12.2 Å². The Morgan fingerprint density at radius 1 is 0.885 bits per heavy atom. The van der Waals surface area contributed by atoms with E-state index in [9.17, 15) is 9.59 Å². The Labute approximate surface area is 155 Å². The zero-order valence-electron chi connectivity index (χ0n) is 15.5. The number of rotatable bonds is 9. The molecule has 140 valence electrons. The number of ether oxygens (including phenoxy) is 2. The van der Waals surface area contributed by atoms with Crippen LogP contribution >= 0.6 is 0 Å². The van der Waals surface area contributed by atoms with Crippen LogP contribution in [0.3, 0.4) is 0 Å². The number of carbonyl (C=O) groups is 2. The van der Waals surface area contributed by atoms with Crippen LogP contribution in [0.25, 0.3) is 0 Å². The van der Waals surface area contributed by atoms with Crippen molar-refractivity contribution in [3.8, 4) is 0 Å². The van der Waals surface area contributed by atoms with Crippen LogP contribution in [-0.2, 0) is 19.1 Å². The summed E-state index contributed by atoms with van der Waals surface area (Å²) in [6.07, 6.45) is 6.00. The summed E-state index contributed by atoms with van der Waals surface area (Å²) in [5.41, 5.74) is 1.96. The molecule has 1 aliphatic carbocycles. The molecular formula is C21H27NO4. The molecule has 0 aromatic heterocycles. The first-order chi connectivity index (χ1) is 12.7. The largest absolute Gasteiger partial charge is 0.373 e. The lowest BCUT2D eigenvalue weighted by Crippen LogP contribution is -2.41. The summed E-state index contributed by atoms with van der Waals surface area (Å²) in [5, 5.41) is 0. The van der Waals surface area contributed by atoms with E-state index in [1.54, 1.807) is 0 Å². The van der Waals surface area contributed by atoms with Crippen molar-refractivity contribution in [2.24, 2.45) is 0 Å². The lowest BCUT2D eigenvalue weighted by Gasteiger charge is -2.31. The van der Waals surface area contributed by atoms with Gasteiger partial charge in [-0.2, -0.15) is 0 Å². The second-order valence-corrected chi connectivity index (χ2v) is 6.79. The summed E-state index contributed by atoms with van der Waals surface area (Å²) < 4.78 is 12.4. The SMILES string of the molecule is CCCCO[C@@H]1[C@@H](OCCCC)c2ccccc2[C@@H]1N1C(=O)C=CC1=O. The number of hydrogen-bond acceptors (Lipinski definition) is 4. The predicted molar refractivity (Wildman–Crippen MR) is 98.4 cm³/mol. The van der Waals surface area contributed by atoms with Gasteiger partial charge >= 0.3 is 0 Å². The molecule has 0 radical (unpaired) electrons. The van der Waals surface area contributed by atoms with Crippen LogP contribution in [0.15, 0.2) is 36.4 Å². The van der Waals surface area contributed by atoms with Gasteiger partial charge in [-0.15, -0.1) is 0 Å². The van der Waals surface area contributed by atoms with E-state index in [0.717, 1.165) is 36.8 Å². The molecule has 5 heteroatoms. The van der Waals surface area contributed by atoms with Crippen LogP contribution in [0.5, 0.6) is 0 Å². The smallest absolute Gasteiger partial charge is 0.254 e. The van der Waals surface area contributed by atoms with Crippen molar-refractivity contribution in [3.63, 3.8) is 0 Å². The molecule has 5 nitrogen and oxygen atoms in total. The third kappa shape index (κ3) is 3.60. The summed E-state index contributed by atoms with van der Waals surface area (Å²) in [5.74, 6) is -0.568. The minimum Gasteiger partial charge on any atom is -0.373 e. The fraction of sp³-hybridized carbons (Fsp3) is 0.524. The topological polar surface area (TPSA) is 55.8 Å². The first-order valence-electron chi connectivity index (χ1n) is 9.56. The molecule has 3 rings (SSSR count). The molecule has 1 heterocycles. The van der Waals surface area contributed by atoms with Crippen molar-refractivity contribution >= 4 is 11.8 Å².